The van der Waals surface area contributed by atoms with E-state index in [0.717, 1.165) is 37.1 Å². The number of hydrogen-bond acceptors (Lipinski definition) is 6. The number of methoxy groups -OCH3 is 3. The molecule has 0 aliphatic carbocycles. The minimum Gasteiger partial charge on any atom is -0.493 e. The van der Waals surface area contributed by atoms with Crippen LogP contribution in [-0.2, 0) is 11.3 Å². The minimum absolute atomic E-state index is 0.309. The Bertz CT molecular complexity index is 1080. The number of thiazole rings is 1. The van der Waals surface area contributed by atoms with Gasteiger partial charge in [-0.2, -0.15) is 0 Å². The maximum absolute atomic E-state index is 14.3. The van der Waals surface area contributed by atoms with Gasteiger partial charge in [-0.3, -0.25) is 0 Å². The predicted molar refractivity (Wildman–Crippen MR) is 129 cm³/mol. The summed E-state index contributed by atoms with van der Waals surface area (Å²) in [5.74, 6) is 1.32. The lowest BCUT2D eigenvalue weighted by Crippen LogP contribution is -2.17. The van der Waals surface area contributed by atoms with E-state index in [0.29, 0.717) is 40.9 Å². The van der Waals surface area contributed by atoms with E-state index in [-0.39, 0.29) is 5.82 Å². The van der Waals surface area contributed by atoms with Crippen molar-refractivity contribution in [2.75, 3.05) is 34.5 Å². The molecule has 2 aromatic carbocycles. The van der Waals surface area contributed by atoms with Crippen molar-refractivity contribution in [3.05, 3.63) is 52.4 Å². The quantitative estimate of drug-likeness (QED) is 0.310. The molecule has 0 fully saturated rings. The Kier molecular flexibility index (Phi) is 9.33. The van der Waals surface area contributed by atoms with Crippen LogP contribution >= 0.6 is 11.3 Å². The van der Waals surface area contributed by atoms with Gasteiger partial charge in [-0.15, -0.1) is 11.3 Å². The lowest BCUT2D eigenvalue weighted by atomic mass is 10.1. The Balaban J connectivity index is 2.03. The van der Waals surface area contributed by atoms with Gasteiger partial charge in [-0.25, -0.2) is 9.38 Å². The third-order valence-electron chi connectivity index (χ3n) is 5.14. The Labute approximate surface area is 198 Å². The summed E-state index contributed by atoms with van der Waals surface area (Å²) in [6, 6.07) is 10.3. The number of unbranched alkanes of at least 4 members (excludes halogenated alkanes) is 1. The first-order valence-corrected chi connectivity index (χ1v) is 11.9. The Hall–Kier alpha value is -2.84. The summed E-state index contributed by atoms with van der Waals surface area (Å²) in [5, 5.41) is 2.01. The average molecular weight is 475 g/mol. The van der Waals surface area contributed by atoms with Crippen molar-refractivity contribution in [1.82, 2.24) is 4.57 Å². The molecular weight excluding hydrogens is 443 g/mol. The standard InChI is InChI=1S/C25H31FN2O4S/c1-5-6-13-32-14-9-12-28-21(17-33-25(28)27-20-11-8-7-10-19(20)26)18-15-22(29-2)24(31-4)23(16-18)30-3/h7-8,10-11,15-17H,5-6,9,12-14H2,1-4H3. The molecule has 33 heavy (non-hydrogen) atoms. The Morgan fingerprint density at radius 2 is 1.67 bits per heavy atom. The molecule has 0 N–H and O–H groups in total. The smallest absolute Gasteiger partial charge is 0.203 e. The molecule has 178 valence electrons. The highest BCUT2D eigenvalue weighted by Crippen LogP contribution is 2.41. The summed E-state index contributed by atoms with van der Waals surface area (Å²) >= 11 is 1.46. The number of aromatic nitrogens is 1. The molecule has 3 aromatic rings. The van der Waals surface area contributed by atoms with E-state index in [1.807, 2.05) is 17.5 Å². The molecule has 0 aliphatic heterocycles. The van der Waals surface area contributed by atoms with Crippen molar-refractivity contribution in [3.63, 3.8) is 0 Å². The third kappa shape index (κ3) is 6.15. The number of para-hydroxylation sites is 1. The van der Waals surface area contributed by atoms with Crippen LogP contribution in [0.4, 0.5) is 10.1 Å². The molecule has 0 saturated heterocycles. The summed E-state index contributed by atoms with van der Waals surface area (Å²) in [5.41, 5.74) is 2.13. The zero-order chi connectivity index (χ0) is 23.6. The summed E-state index contributed by atoms with van der Waals surface area (Å²) in [6.45, 7) is 4.23. The third-order valence-corrected chi connectivity index (χ3v) is 6.00. The second-order valence-electron chi connectivity index (χ2n) is 7.35. The van der Waals surface area contributed by atoms with Crippen molar-refractivity contribution in [2.45, 2.75) is 32.7 Å². The second-order valence-corrected chi connectivity index (χ2v) is 8.19. The van der Waals surface area contributed by atoms with Gasteiger partial charge in [0.15, 0.2) is 16.3 Å². The molecule has 3 rings (SSSR count). The summed E-state index contributed by atoms with van der Waals surface area (Å²) in [6.07, 6.45) is 2.97. The van der Waals surface area contributed by atoms with Gasteiger partial charge in [0.1, 0.15) is 11.5 Å². The molecule has 1 aromatic heterocycles. The van der Waals surface area contributed by atoms with Crippen molar-refractivity contribution in [1.29, 1.82) is 0 Å². The van der Waals surface area contributed by atoms with Gasteiger partial charge < -0.3 is 23.5 Å². The monoisotopic (exact) mass is 474 g/mol. The number of hydrogen-bond donors (Lipinski definition) is 0. The van der Waals surface area contributed by atoms with Crippen LogP contribution in [-0.4, -0.2) is 39.1 Å². The molecule has 1 heterocycles. The SMILES string of the molecule is CCCCOCCCn1c(-c2cc(OC)c(OC)c(OC)c2)csc1=Nc1ccccc1F. The van der Waals surface area contributed by atoms with Crippen LogP contribution in [0.15, 0.2) is 46.8 Å². The fourth-order valence-electron chi connectivity index (χ4n) is 3.41. The van der Waals surface area contributed by atoms with Gasteiger partial charge in [0, 0.05) is 30.7 Å². The fraction of sp³-hybridized carbons (Fsp3) is 0.400. The molecule has 0 radical (unpaired) electrons. The molecule has 6 nitrogen and oxygen atoms in total. The Morgan fingerprint density at radius 3 is 2.30 bits per heavy atom. The minimum atomic E-state index is -0.352. The van der Waals surface area contributed by atoms with E-state index >= 15 is 0 Å². The Morgan fingerprint density at radius 1 is 0.970 bits per heavy atom. The first-order valence-electron chi connectivity index (χ1n) is 11.0. The van der Waals surface area contributed by atoms with Crippen LogP contribution in [0.3, 0.4) is 0 Å². The molecule has 0 saturated carbocycles. The first kappa shape index (κ1) is 24.8. The lowest BCUT2D eigenvalue weighted by molar-refractivity contribution is 0.126. The van der Waals surface area contributed by atoms with Crippen LogP contribution in [0, 0.1) is 5.82 Å². The highest BCUT2D eigenvalue weighted by molar-refractivity contribution is 7.07. The average Bonchev–Trinajstić information content (AvgIpc) is 3.23. The van der Waals surface area contributed by atoms with Crippen LogP contribution in [0.5, 0.6) is 17.2 Å². The number of nitrogens with zero attached hydrogens (tertiary/aromatic N) is 2. The van der Waals surface area contributed by atoms with Crippen molar-refractivity contribution in [3.8, 4) is 28.5 Å². The molecule has 8 heteroatoms. The molecule has 0 amide bonds. The zero-order valence-electron chi connectivity index (χ0n) is 19.6. The summed E-state index contributed by atoms with van der Waals surface area (Å²) < 4.78 is 38.6. The topological polar surface area (TPSA) is 54.2 Å². The lowest BCUT2D eigenvalue weighted by Gasteiger charge is -2.15. The van der Waals surface area contributed by atoms with E-state index in [2.05, 4.69) is 16.5 Å². The van der Waals surface area contributed by atoms with Crippen molar-refractivity contribution >= 4 is 17.0 Å². The van der Waals surface area contributed by atoms with E-state index in [4.69, 9.17) is 18.9 Å². The molecule has 0 atom stereocenters. The predicted octanol–water partition coefficient (Wildman–Crippen LogP) is 5.82. The number of rotatable bonds is 12. The van der Waals surface area contributed by atoms with Gasteiger partial charge in [0.05, 0.1) is 27.0 Å². The maximum Gasteiger partial charge on any atom is 0.203 e. The highest BCUT2D eigenvalue weighted by atomic mass is 32.1. The van der Waals surface area contributed by atoms with E-state index in [9.17, 15) is 4.39 Å². The van der Waals surface area contributed by atoms with Crippen LogP contribution in [0.1, 0.15) is 26.2 Å². The molecule has 0 bridgehead atoms. The van der Waals surface area contributed by atoms with Crippen molar-refractivity contribution < 1.29 is 23.3 Å². The second kappa shape index (κ2) is 12.4. The van der Waals surface area contributed by atoms with Crippen molar-refractivity contribution in [2.24, 2.45) is 4.99 Å². The zero-order valence-corrected chi connectivity index (χ0v) is 20.4. The van der Waals surface area contributed by atoms with E-state index in [1.54, 1.807) is 39.5 Å². The fourth-order valence-corrected chi connectivity index (χ4v) is 4.36. The maximum atomic E-state index is 14.3. The highest BCUT2D eigenvalue weighted by Gasteiger charge is 2.17. The van der Waals surface area contributed by atoms with Crippen LogP contribution in [0.25, 0.3) is 11.3 Å². The van der Waals surface area contributed by atoms with Gasteiger partial charge in [0.2, 0.25) is 5.75 Å². The normalized spacial score (nSPS) is 11.6. The number of benzene rings is 2. The molecule has 0 unspecified atom stereocenters. The van der Waals surface area contributed by atoms with Gasteiger partial charge in [0.25, 0.3) is 0 Å². The molecular formula is C25H31FN2O4S. The summed E-state index contributed by atoms with van der Waals surface area (Å²) in [7, 11) is 4.76. The number of halogens is 1. The van der Waals surface area contributed by atoms with Gasteiger partial charge in [-0.1, -0.05) is 25.5 Å². The largest absolute Gasteiger partial charge is 0.493 e. The first-order chi connectivity index (χ1) is 16.1. The van der Waals surface area contributed by atoms with E-state index < -0.39 is 0 Å². The van der Waals surface area contributed by atoms with Crippen LogP contribution < -0.4 is 19.0 Å². The summed E-state index contributed by atoms with van der Waals surface area (Å²) in [4.78, 5) is 5.32. The number of ether oxygens (including phenoxy) is 4. The molecule has 0 spiro atoms. The van der Waals surface area contributed by atoms with Gasteiger partial charge >= 0.3 is 0 Å². The van der Waals surface area contributed by atoms with E-state index in [1.165, 1.54) is 17.4 Å². The van der Waals surface area contributed by atoms with Gasteiger partial charge in [-0.05, 0) is 37.1 Å². The van der Waals surface area contributed by atoms with Crippen LogP contribution in [0.2, 0.25) is 0 Å². The molecule has 0 aliphatic rings.